The first-order valence-electron chi connectivity index (χ1n) is 12.4. The molecule has 3 N–H and O–H groups in total. The van der Waals surface area contributed by atoms with Crippen molar-refractivity contribution in [3.63, 3.8) is 0 Å². The first-order valence-corrected chi connectivity index (χ1v) is 12.4. The van der Waals surface area contributed by atoms with Gasteiger partial charge in [0.2, 0.25) is 0 Å². The van der Waals surface area contributed by atoms with Crippen LogP contribution in [-0.4, -0.2) is 33.2 Å². The molecule has 0 rings (SSSR count). The minimum atomic E-state index is -0.682. The monoisotopic (exact) mass is 616 g/mol. The second kappa shape index (κ2) is 22.0. The van der Waals surface area contributed by atoms with E-state index in [1.54, 1.807) is 0 Å². The van der Waals surface area contributed by atoms with Crippen LogP contribution in [0.1, 0.15) is 139 Å². The summed E-state index contributed by atoms with van der Waals surface area (Å²) in [5.74, 6) is -2.04. The Kier molecular flexibility index (Phi) is 26.5. The number of carboxylic acid groups (broad SMARTS) is 3. The first kappa shape index (κ1) is 40.9. The topological polar surface area (TPSA) is 112 Å². The van der Waals surface area contributed by atoms with Crippen LogP contribution in [0.4, 0.5) is 0 Å². The van der Waals surface area contributed by atoms with Gasteiger partial charge in [-0.3, -0.25) is 14.4 Å². The Balaban J connectivity index is -0.000000196. The molecule has 0 radical (unpaired) electrons. The minimum absolute atomic E-state index is 0. The minimum Gasteiger partial charge on any atom is -0.481 e. The molecule has 0 atom stereocenters. The molecule has 0 aromatic carbocycles. The summed E-state index contributed by atoms with van der Waals surface area (Å²) in [7, 11) is 0. The zero-order chi connectivity index (χ0) is 26.7. The van der Waals surface area contributed by atoms with Crippen LogP contribution in [0.3, 0.4) is 0 Å². The maximum Gasteiger partial charge on any atom is 0.303 e. The van der Waals surface area contributed by atoms with Crippen molar-refractivity contribution < 1.29 is 70.5 Å². The summed E-state index contributed by atoms with van der Waals surface area (Å²) in [5, 5.41) is 25.0. The van der Waals surface area contributed by atoms with E-state index in [0.29, 0.717) is 35.5 Å². The largest absolute Gasteiger partial charge is 0.481 e. The molecule has 7 heteroatoms. The van der Waals surface area contributed by atoms with Crippen LogP contribution >= 0.6 is 0 Å². The predicted molar refractivity (Wildman–Crippen MR) is 137 cm³/mol. The first-order chi connectivity index (χ1) is 14.7. The van der Waals surface area contributed by atoms with Crippen LogP contribution < -0.4 is 0 Å². The molecular weight excluding hydrogens is 565 g/mol. The SMILES string of the molecule is CC(C)(C)CCCCC(=O)O.CC(C)(C)CCCCC(=O)O.CC(C)(C)CCCCC(=O)O.[Nd]. The van der Waals surface area contributed by atoms with Crippen LogP contribution in [0.25, 0.3) is 0 Å². The summed E-state index contributed by atoms with van der Waals surface area (Å²) < 4.78 is 0. The maximum atomic E-state index is 10.1. The van der Waals surface area contributed by atoms with Gasteiger partial charge in [0.1, 0.15) is 0 Å². The van der Waals surface area contributed by atoms with Gasteiger partial charge >= 0.3 is 17.9 Å². The average Bonchev–Trinajstić information content (AvgIpc) is 2.58. The molecule has 0 unspecified atom stereocenters. The fourth-order valence-electron chi connectivity index (χ4n) is 2.79. The van der Waals surface area contributed by atoms with Crippen molar-refractivity contribution in [2.75, 3.05) is 0 Å². The Hall–Kier alpha value is -0.239. The van der Waals surface area contributed by atoms with E-state index in [2.05, 4.69) is 62.3 Å². The molecule has 0 amide bonds. The van der Waals surface area contributed by atoms with Gasteiger partial charge in [-0.15, -0.1) is 0 Å². The maximum absolute atomic E-state index is 10.1. The number of rotatable bonds is 12. The molecule has 0 aromatic rings. The van der Waals surface area contributed by atoms with Gasteiger partial charge in [-0.2, -0.15) is 0 Å². The van der Waals surface area contributed by atoms with Crippen molar-refractivity contribution in [1.29, 1.82) is 0 Å². The molecule has 202 valence electrons. The van der Waals surface area contributed by atoms with Gasteiger partial charge in [-0.1, -0.05) is 81.6 Å². The molecular formula is C27H54NdO6. The predicted octanol–water partition coefficient (Wildman–Crippen LogP) is 8.03. The summed E-state index contributed by atoms with van der Waals surface area (Å²) in [6.07, 6.45) is 9.79. The van der Waals surface area contributed by atoms with E-state index in [-0.39, 0.29) is 40.8 Å². The number of carbonyl (C=O) groups is 3. The number of carboxylic acids is 3. The van der Waals surface area contributed by atoms with Crippen molar-refractivity contribution in [2.24, 2.45) is 16.2 Å². The molecule has 0 aliphatic rings. The van der Waals surface area contributed by atoms with Gasteiger partial charge < -0.3 is 15.3 Å². The Labute approximate surface area is 242 Å². The molecule has 0 fully saturated rings. The van der Waals surface area contributed by atoms with E-state index in [1.165, 1.54) is 0 Å². The zero-order valence-electron chi connectivity index (χ0n) is 23.6. The third-order valence-electron chi connectivity index (χ3n) is 4.70. The summed E-state index contributed by atoms with van der Waals surface area (Å²) in [4.78, 5) is 30.4. The number of hydrogen-bond acceptors (Lipinski definition) is 3. The van der Waals surface area contributed by atoms with Crippen LogP contribution in [0.5, 0.6) is 0 Å². The molecule has 0 heterocycles. The van der Waals surface area contributed by atoms with E-state index in [0.717, 1.165) is 57.8 Å². The van der Waals surface area contributed by atoms with Gasteiger partial charge in [0.05, 0.1) is 0 Å². The molecule has 0 aliphatic heterocycles. The number of unbranched alkanes of at least 4 members (excludes halogenated alkanes) is 3. The van der Waals surface area contributed by atoms with Crippen molar-refractivity contribution in [1.82, 2.24) is 0 Å². The quantitative estimate of drug-likeness (QED) is 0.191. The van der Waals surface area contributed by atoms with Gasteiger partial charge in [-0.25, -0.2) is 0 Å². The fourth-order valence-corrected chi connectivity index (χ4v) is 2.79. The fraction of sp³-hybridized carbons (Fsp3) is 0.889. The number of aliphatic carboxylic acids is 3. The van der Waals surface area contributed by atoms with Gasteiger partial charge in [0, 0.05) is 60.1 Å². The van der Waals surface area contributed by atoms with Crippen molar-refractivity contribution in [2.45, 2.75) is 139 Å². The molecule has 6 nitrogen and oxygen atoms in total. The third-order valence-corrected chi connectivity index (χ3v) is 4.70. The second-order valence-electron chi connectivity index (χ2n) is 12.5. The van der Waals surface area contributed by atoms with Crippen LogP contribution in [0.2, 0.25) is 0 Å². The summed E-state index contributed by atoms with van der Waals surface area (Å²) in [6, 6.07) is 0. The van der Waals surface area contributed by atoms with Crippen molar-refractivity contribution >= 4 is 17.9 Å². The summed E-state index contributed by atoms with van der Waals surface area (Å²) in [5.41, 5.74) is 1.04. The van der Waals surface area contributed by atoms with Crippen LogP contribution in [0, 0.1) is 57.1 Å². The van der Waals surface area contributed by atoms with E-state index in [4.69, 9.17) is 15.3 Å². The standard InChI is InChI=1S/3C9H18O2.Nd/c3*1-9(2,3)7-5-4-6-8(10)11;/h3*4-7H2,1-3H3,(H,10,11);. The Bertz CT molecular complexity index is 449. The number of hydrogen-bond donors (Lipinski definition) is 3. The van der Waals surface area contributed by atoms with Gasteiger partial charge in [-0.05, 0) is 54.8 Å². The van der Waals surface area contributed by atoms with E-state index in [1.807, 2.05) is 0 Å². The van der Waals surface area contributed by atoms with E-state index >= 15 is 0 Å². The Morgan fingerprint density at radius 1 is 0.441 bits per heavy atom. The molecule has 0 bridgehead atoms. The Morgan fingerprint density at radius 3 is 0.735 bits per heavy atom. The second-order valence-corrected chi connectivity index (χ2v) is 12.5. The van der Waals surface area contributed by atoms with E-state index < -0.39 is 17.9 Å². The summed E-state index contributed by atoms with van der Waals surface area (Å²) >= 11 is 0. The molecule has 0 saturated carbocycles. The van der Waals surface area contributed by atoms with Gasteiger partial charge in [0.15, 0.2) is 0 Å². The van der Waals surface area contributed by atoms with Crippen molar-refractivity contribution in [3.05, 3.63) is 0 Å². The average molecular weight is 619 g/mol. The normalized spacial score (nSPS) is 11.2. The summed E-state index contributed by atoms with van der Waals surface area (Å²) in [6.45, 7) is 19.6. The molecule has 0 spiro atoms. The molecule has 0 aromatic heterocycles. The molecule has 0 aliphatic carbocycles. The Morgan fingerprint density at radius 2 is 0.618 bits per heavy atom. The molecule has 0 saturated heterocycles. The molecule has 34 heavy (non-hydrogen) atoms. The van der Waals surface area contributed by atoms with Crippen LogP contribution in [-0.2, 0) is 14.4 Å². The van der Waals surface area contributed by atoms with E-state index in [9.17, 15) is 14.4 Å². The zero-order valence-corrected chi connectivity index (χ0v) is 26.8. The van der Waals surface area contributed by atoms with Gasteiger partial charge in [0.25, 0.3) is 0 Å². The smallest absolute Gasteiger partial charge is 0.303 e. The van der Waals surface area contributed by atoms with Crippen molar-refractivity contribution in [3.8, 4) is 0 Å². The third kappa shape index (κ3) is 53.2. The van der Waals surface area contributed by atoms with Crippen LogP contribution in [0.15, 0.2) is 0 Å².